The van der Waals surface area contributed by atoms with Gasteiger partial charge in [0.25, 0.3) is 0 Å². The van der Waals surface area contributed by atoms with Crippen molar-refractivity contribution in [1.82, 2.24) is 0 Å². The van der Waals surface area contributed by atoms with Crippen LogP contribution in [0.2, 0.25) is 0 Å². The second kappa shape index (κ2) is 5.16. The molecule has 0 nitrogen and oxygen atoms in total. The minimum atomic E-state index is 1.13. The number of unbranched alkanes of at least 4 members (excludes halogenated alkanes) is 2. The van der Waals surface area contributed by atoms with Gasteiger partial charge in [-0.15, -0.1) is 0 Å². The first-order valence-electron chi connectivity index (χ1n) is 6.17. The van der Waals surface area contributed by atoms with Crippen LogP contribution in [0.15, 0.2) is 47.1 Å². The van der Waals surface area contributed by atoms with E-state index < -0.39 is 0 Å². The Morgan fingerprint density at radius 3 is 2.80 bits per heavy atom. The van der Waals surface area contributed by atoms with Crippen LogP contribution in [0.4, 0.5) is 0 Å². The van der Waals surface area contributed by atoms with E-state index in [9.17, 15) is 0 Å². The summed E-state index contributed by atoms with van der Waals surface area (Å²) in [4.78, 5) is 0. The van der Waals surface area contributed by atoms with Gasteiger partial charge in [-0.25, -0.2) is 0 Å². The van der Waals surface area contributed by atoms with Crippen LogP contribution in [0, 0.1) is 0 Å². The molecule has 0 N–H and O–H groups in total. The Morgan fingerprint density at radius 1 is 1.13 bits per heavy atom. The lowest BCUT2D eigenvalue weighted by Crippen LogP contribution is -1.87. The summed E-state index contributed by atoms with van der Waals surface area (Å²) in [6.45, 7) is 2.27. The highest BCUT2D eigenvalue weighted by Crippen LogP contribution is 2.31. The van der Waals surface area contributed by atoms with Crippen molar-refractivity contribution in [3.05, 3.63) is 47.1 Å². The Hall–Kier alpha value is -1.04. The first-order chi connectivity index (χ1) is 7.42. The van der Waals surface area contributed by atoms with Crippen molar-refractivity contribution in [2.45, 2.75) is 45.4 Å². The Balaban J connectivity index is 2.01. The largest absolute Gasteiger partial charge is 0.0801 e. The van der Waals surface area contributed by atoms with E-state index in [0.29, 0.717) is 0 Å². The molecule has 0 saturated heterocycles. The van der Waals surface area contributed by atoms with Gasteiger partial charge in [0.15, 0.2) is 0 Å². The third kappa shape index (κ3) is 2.50. The fourth-order valence-electron chi connectivity index (χ4n) is 2.34. The fraction of sp³-hybridized carbons (Fsp3) is 0.467. The van der Waals surface area contributed by atoms with Crippen molar-refractivity contribution in [3.8, 4) is 0 Å². The normalized spacial score (nSPS) is 19.1. The quantitative estimate of drug-likeness (QED) is 0.564. The van der Waals surface area contributed by atoms with E-state index in [1.54, 1.807) is 11.1 Å². The van der Waals surface area contributed by atoms with E-state index >= 15 is 0 Å². The van der Waals surface area contributed by atoms with Gasteiger partial charge >= 0.3 is 0 Å². The maximum Gasteiger partial charge on any atom is -0.00857 e. The molecule has 0 bridgehead atoms. The molecule has 0 aliphatic heterocycles. The van der Waals surface area contributed by atoms with Gasteiger partial charge in [0.2, 0.25) is 0 Å². The number of rotatable bonds is 5. The Labute approximate surface area is 93.1 Å². The summed E-state index contributed by atoms with van der Waals surface area (Å²) in [6, 6.07) is 0. The van der Waals surface area contributed by atoms with Crippen molar-refractivity contribution in [2.24, 2.45) is 0 Å². The zero-order valence-corrected chi connectivity index (χ0v) is 9.63. The van der Waals surface area contributed by atoms with E-state index in [1.165, 1.54) is 31.3 Å². The van der Waals surface area contributed by atoms with Crippen LogP contribution < -0.4 is 0 Å². The van der Waals surface area contributed by atoms with Gasteiger partial charge in [-0.3, -0.25) is 0 Å². The summed E-state index contributed by atoms with van der Waals surface area (Å²) < 4.78 is 0. The molecule has 0 heteroatoms. The van der Waals surface area contributed by atoms with Crippen molar-refractivity contribution in [2.75, 3.05) is 0 Å². The van der Waals surface area contributed by atoms with Gasteiger partial charge in [0.05, 0.1) is 0 Å². The molecular formula is C15H20. The molecule has 0 unspecified atom stereocenters. The molecule has 0 aromatic rings. The van der Waals surface area contributed by atoms with Crippen molar-refractivity contribution in [3.63, 3.8) is 0 Å². The highest BCUT2D eigenvalue weighted by Gasteiger charge is 2.12. The number of allylic oxidation sites excluding steroid dienone is 8. The molecule has 0 amide bonds. The zero-order chi connectivity index (χ0) is 10.5. The lowest BCUT2D eigenvalue weighted by molar-refractivity contribution is 0.718. The van der Waals surface area contributed by atoms with Crippen LogP contribution in [0.1, 0.15) is 45.4 Å². The molecule has 80 valence electrons. The van der Waals surface area contributed by atoms with Crippen LogP contribution in [0.25, 0.3) is 0 Å². The molecule has 0 spiro atoms. The third-order valence-corrected chi connectivity index (χ3v) is 3.20. The molecule has 2 aliphatic rings. The zero-order valence-electron chi connectivity index (χ0n) is 9.63. The first-order valence-corrected chi connectivity index (χ1v) is 6.17. The average Bonchev–Trinajstić information content (AvgIpc) is 2.87. The van der Waals surface area contributed by atoms with Gasteiger partial charge in [-0.05, 0) is 42.4 Å². The van der Waals surface area contributed by atoms with Crippen LogP contribution in [-0.4, -0.2) is 0 Å². The third-order valence-electron chi connectivity index (χ3n) is 3.20. The lowest BCUT2D eigenvalue weighted by Gasteiger charge is -2.06. The molecule has 0 aromatic heterocycles. The molecule has 0 fully saturated rings. The van der Waals surface area contributed by atoms with Gasteiger partial charge < -0.3 is 0 Å². The van der Waals surface area contributed by atoms with Crippen molar-refractivity contribution < 1.29 is 0 Å². The Bertz CT molecular complexity index is 337. The average molecular weight is 200 g/mol. The molecule has 0 radical (unpaired) electrons. The summed E-state index contributed by atoms with van der Waals surface area (Å²) in [5.74, 6) is 0. The summed E-state index contributed by atoms with van der Waals surface area (Å²) >= 11 is 0. The predicted molar refractivity (Wildman–Crippen MR) is 66.8 cm³/mol. The molecule has 0 heterocycles. The number of hydrogen-bond donors (Lipinski definition) is 0. The van der Waals surface area contributed by atoms with Crippen LogP contribution in [0.3, 0.4) is 0 Å². The maximum atomic E-state index is 2.35. The van der Waals surface area contributed by atoms with E-state index in [4.69, 9.17) is 0 Å². The van der Waals surface area contributed by atoms with Crippen molar-refractivity contribution in [1.29, 1.82) is 0 Å². The molecule has 0 aromatic carbocycles. The SMILES string of the molecule is CCCCCC1=C(C2=CCC=C2)CC=C1. The minimum absolute atomic E-state index is 1.13. The maximum absolute atomic E-state index is 2.35. The van der Waals surface area contributed by atoms with E-state index in [1.807, 2.05) is 0 Å². The molecular weight excluding hydrogens is 180 g/mol. The van der Waals surface area contributed by atoms with E-state index in [2.05, 4.69) is 37.3 Å². The van der Waals surface area contributed by atoms with Crippen LogP contribution >= 0.6 is 0 Å². The predicted octanol–water partition coefficient (Wildman–Crippen LogP) is 4.71. The van der Waals surface area contributed by atoms with Gasteiger partial charge in [0, 0.05) is 0 Å². The van der Waals surface area contributed by atoms with Gasteiger partial charge in [-0.2, -0.15) is 0 Å². The molecule has 0 atom stereocenters. The summed E-state index contributed by atoms with van der Waals surface area (Å²) in [5.41, 5.74) is 4.65. The standard InChI is InChI=1S/C15H20/c1-2-3-4-8-14-11-7-12-15(14)13-9-5-6-10-13/h5,7,9-11H,2-4,6,8,12H2,1H3. The summed E-state index contributed by atoms with van der Waals surface area (Å²) in [5, 5.41) is 0. The number of hydrogen-bond acceptors (Lipinski definition) is 0. The van der Waals surface area contributed by atoms with Crippen LogP contribution in [-0.2, 0) is 0 Å². The summed E-state index contributed by atoms with van der Waals surface area (Å²) in [6.07, 6.45) is 19.1. The van der Waals surface area contributed by atoms with E-state index in [-0.39, 0.29) is 0 Å². The van der Waals surface area contributed by atoms with E-state index in [0.717, 1.165) is 12.8 Å². The highest BCUT2D eigenvalue weighted by atomic mass is 14.2. The fourth-order valence-corrected chi connectivity index (χ4v) is 2.34. The topological polar surface area (TPSA) is 0 Å². The van der Waals surface area contributed by atoms with Crippen molar-refractivity contribution >= 4 is 0 Å². The molecule has 15 heavy (non-hydrogen) atoms. The lowest BCUT2D eigenvalue weighted by atomic mass is 9.98. The second-order valence-electron chi connectivity index (χ2n) is 4.36. The van der Waals surface area contributed by atoms with Gasteiger partial charge in [-0.1, -0.05) is 50.1 Å². The smallest absolute Gasteiger partial charge is 0.00857 e. The van der Waals surface area contributed by atoms with Crippen LogP contribution in [0.5, 0.6) is 0 Å². The Kier molecular flexibility index (Phi) is 3.60. The minimum Gasteiger partial charge on any atom is -0.0801 e. The molecule has 0 saturated carbocycles. The summed E-state index contributed by atoms with van der Waals surface area (Å²) in [7, 11) is 0. The second-order valence-corrected chi connectivity index (χ2v) is 4.36. The Morgan fingerprint density at radius 2 is 2.07 bits per heavy atom. The van der Waals surface area contributed by atoms with Gasteiger partial charge in [0.1, 0.15) is 0 Å². The monoisotopic (exact) mass is 200 g/mol. The molecule has 2 aliphatic carbocycles. The molecule has 2 rings (SSSR count). The first kappa shape index (κ1) is 10.5. The highest BCUT2D eigenvalue weighted by molar-refractivity contribution is 5.52.